The number of fused-ring (bicyclic) bond motifs is 1. The number of ether oxygens (including phenoxy) is 1. The number of rotatable bonds is 2. The van der Waals surface area contributed by atoms with Crippen LogP contribution in [-0.2, 0) is 14.3 Å². The van der Waals surface area contributed by atoms with Crippen LogP contribution in [0, 0.1) is 5.41 Å². The van der Waals surface area contributed by atoms with Crippen LogP contribution in [0.3, 0.4) is 0 Å². The number of halogens is 1. The third-order valence-corrected chi connectivity index (χ3v) is 4.43. The van der Waals surface area contributed by atoms with Crippen molar-refractivity contribution in [2.75, 3.05) is 13.2 Å². The van der Waals surface area contributed by atoms with Crippen molar-refractivity contribution >= 4 is 11.9 Å². The summed E-state index contributed by atoms with van der Waals surface area (Å²) in [5, 5.41) is 0. The Labute approximate surface area is 99.1 Å². The molecule has 2 aliphatic heterocycles. The fraction of sp³-hybridized carbons (Fsp3) is 0.833. The third-order valence-electron chi connectivity index (χ3n) is 4.43. The van der Waals surface area contributed by atoms with Gasteiger partial charge in [0.25, 0.3) is 0 Å². The minimum atomic E-state index is -0.854. The van der Waals surface area contributed by atoms with Crippen molar-refractivity contribution in [1.82, 2.24) is 4.90 Å². The van der Waals surface area contributed by atoms with Crippen molar-refractivity contribution < 1.29 is 18.7 Å². The summed E-state index contributed by atoms with van der Waals surface area (Å²) in [7, 11) is 0. The lowest BCUT2D eigenvalue weighted by Crippen LogP contribution is -2.48. The predicted octanol–water partition coefficient (Wildman–Crippen LogP) is 1.04. The lowest BCUT2D eigenvalue weighted by molar-refractivity contribution is -0.157. The number of esters is 1. The molecule has 3 rings (SSSR count). The Morgan fingerprint density at radius 1 is 1.65 bits per heavy atom. The van der Waals surface area contributed by atoms with Crippen LogP contribution in [0.1, 0.15) is 32.6 Å². The highest BCUT2D eigenvalue weighted by molar-refractivity contribution is 5.93. The van der Waals surface area contributed by atoms with Crippen LogP contribution in [0.4, 0.5) is 4.39 Å². The highest BCUT2D eigenvalue weighted by Crippen LogP contribution is 2.62. The molecule has 2 saturated heterocycles. The number of alkyl halides is 1. The lowest BCUT2D eigenvalue weighted by atomic mass is 9.88. The number of carbonyl (C=O) groups excluding carboxylic acids is 2. The van der Waals surface area contributed by atoms with Gasteiger partial charge < -0.3 is 9.64 Å². The molecular weight excluding hydrogens is 225 g/mol. The van der Waals surface area contributed by atoms with E-state index in [1.807, 2.05) is 0 Å². The van der Waals surface area contributed by atoms with Gasteiger partial charge in [0.05, 0.1) is 6.61 Å². The van der Waals surface area contributed by atoms with Gasteiger partial charge in [0, 0.05) is 18.4 Å². The van der Waals surface area contributed by atoms with Crippen molar-refractivity contribution in [1.29, 1.82) is 0 Å². The minimum absolute atomic E-state index is 0.0333. The molecule has 17 heavy (non-hydrogen) atoms. The smallest absolute Gasteiger partial charge is 0.332 e. The molecule has 0 bridgehead atoms. The molecule has 0 radical (unpaired) electrons. The van der Waals surface area contributed by atoms with Gasteiger partial charge in [-0.05, 0) is 26.2 Å². The minimum Gasteiger partial charge on any atom is -0.464 e. The van der Waals surface area contributed by atoms with Crippen molar-refractivity contribution in [2.24, 2.45) is 5.41 Å². The monoisotopic (exact) mass is 241 g/mol. The molecule has 1 unspecified atom stereocenters. The van der Waals surface area contributed by atoms with Crippen molar-refractivity contribution in [3.8, 4) is 0 Å². The van der Waals surface area contributed by atoms with Crippen LogP contribution in [0.25, 0.3) is 0 Å². The Morgan fingerprint density at radius 3 is 2.94 bits per heavy atom. The maximum absolute atomic E-state index is 13.4. The normalized spacial score (nSPS) is 43.1. The van der Waals surface area contributed by atoms with Crippen LogP contribution in [0.5, 0.6) is 0 Å². The summed E-state index contributed by atoms with van der Waals surface area (Å²) in [6.45, 7) is 2.44. The maximum Gasteiger partial charge on any atom is 0.332 e. The van der Waals surface area contributed by atoms with Gasteiger partial charge in [-0.3, -0.25) is 4.79 Å². The van der Waals surface area contributed by atoms with Crippen LogP contribution < -0.4 is 0 Å². The van der Waals surface area contributed by atoms with Gasteiger partial charge >= 0.3 is 5.97 Å². The van der Waals surface area contributed by atoms with E-state index in [9.17, 15) is 14.0 Å². The molecule has 1 aliphatic carbocycles. The molecule has 0 aromatic rings. The second kappa shape index (κ2) is 3.21. The average molecular weight is 241 g/mol. The molecule has 5 heteroatoms. The molecule has 2 heterocycles. The first-order valence-electron chi connectivity index (χ1n) is 6.16. The largest absolute Gasteiger partial charge is 0.464 e. The van der Waals surface area contributed by atoms with E-state index in [4.69, 9.17) is 4.74 Å². The van der Waals surface area contributed by atoms with E-state index in [-0.39, 0.29) is 11.9 Å². The first kappa shape index (κ1) is 11.0. The lowest BCUT2D eigenvalue weighted by Gasteiger charge is -2.28. The van der Waals surface area contributed by atoms with Gasteiger partial charge in [-0.1, -0.05) is 0 Å². The van der Waals surface area contributed by atoms with E-state index in [0.717, 1.165) is 0 Å². The first-order chi connectivity index (χ1) is 8.04. The SMILES string of the molecule is CCOC(=O)C12CCC(=O)N1C[C@]1(C[C@@H]1F)C2. The summed E-state index contributed by atoms with van der Waals surface area (Å²) in [5.74, 6) is -0.379. The summed E-state index contributed by atoms with van der Waals surface area (Å²) in [6, 6.07) is 0. The summed E-state index contributed by atoms with van der Waals surface area (Å²) in [5.41, 5.74) is -1.29. The van der Waals surface area contributed by atoms with E-state index in [2.05, 4.69) is 0 Å². The fourth-order valence-corrected chi connectivity index (χ4v) is 3.39. The Balaban J connectivity index is 1.90. The standard InChI is InChI=1S/C12H16FNO3/c1-2-17-10(16)12-4-3-9(15)14(12)7-11(6-12)5-8(11)13/h8H,2-7H2,1H3/t8-,11-,12?/m0/s1. The predicted molar refractivity (Wildman–Crippen MR) is 56.9 cm³/mol. The number of hydrogen-bond acceptors (Lipinski definition) is 3. The number of amides is 1. The molecule has 3 atom stereocenters. The average Bonchev–Trinajstić information content (AvgIpc) is 2.65. The van der Waals surface area contributed by atoms with E-state index in [1.54, 1.807) is 11.8 Å². The van der Waals surface area contributed by atoms with E-state index in [0.29, 0.717) is 38.8 Å². The van der Waals surface area contributed by atoms with Crippen molar-refractivity contribution in [2.45, 2.75) is 44.3 Å². The summed E-state index contributed by atoms with van der Waals surface area (Å²) in [6.07, 6.45) is 0.946. The number of nitrogens with zero attached hydrogens (tertiary/aromatic N) is 1. The highest BCUT2D eigenvalue weighted by atomic mass is 19.1. The first-order valence-corrected chi connectivity index (χ1v) is 6.16. The Bertz CT molecular complexity index is 399. The van der Waals surface area contributed by atoms with Gasteiger partial charge in [0.1, 0.15) is 11.7 Å². The van der Waals surface area contributed by atoms with Crippen LogP contribution >= 0.6 is 0 Å². The van der Waals surface area contributed by atoms with Crippen LogP contribution in [-0.4, -0.2) is 41.6 Å². The zero-order valence-corrected chi connectivity index (χ0v) is 9.87. The second-order valence-electron chi connectivity index (χ2n) is 5.44. The second-order valence-corrected chi connectivity index (χ2v) is 5.44. The van der Waals surface area contributed by atoms with Crippen molar-refractivity contribution in [3.63, 3.8) is 0 Å². The molecule has 0 N–H and O–H groups in total. The maximum atomic E-state index is 13.4. The molecule has 1 amide bonds. The molecule has 1 saturated carbocycles. The summed E-state index contributed by atoms with van der Waals surface area (Å²) in [4.78, 5) is 25.4. The van der Waals surface area contributed by atoms with Gasteiger partial charge in [-0.15, -0.1) is 0 Å². The van der Waals surface area contributed by atoms with Gasteiger partial charge in [0.2, 0.25) is 5.91 Å². The van der Waals surface area contributed by atoms with Crippen molar-refractivity contribution in [3.05, 3.63) is 0 Å². The molecule has 1 spiro atoms. The van der Waals surface area contributed by atoms with E-state index < -0.39 is 17.1 Å². The zero-order valence-electron chi connectivity index (χ0n) is 9.87. The molecule has 94 valence electrons. The number of hydrogen-bond donors (Lipinski definition) is 0. The van der Waals surface area contributed by atoms with Gasteiger partial charge in [0.15, 0.2) is 0 Å². The molecule has 0 aromatic carbocycles. The Kier molecular flexibility index (Phi) is 2.07. The van der Waals surface area contributed by atoms with Gasteiger partial charge in [-0.25, -0.2) is 9.18 Å². The van der Waals surface area contributed by atoms with Crippen LogP contribution in [0.15, 0.2) is 0 Å². The molecule has 0 aromatic heterocycles. The fourth-order valence-electron chi connectivity index (χ4n) is 3.39. The third kappa shape index (κ3) is 1.28. The summed E-state index contributed by atoms with van der Waals surface area (Å²) >= 11 is 0. The van der Waals surface area contributed by atoms with Crippen LogP contribution in [0.2, 0.25) is 0 Å². The Hall–Kier alpha value is -1.13. The number of carbonyl (C=O) groups is 2. The highest BCUT2D eigenvalue weighted by Gasteiger charge is 2.71. The summed E-state index contributed by atoms with van der Waals surface area (Å²) < 4.78 is 18.5. The Morgan fingerprint density at radius 2 is 2.35 bits per heavy atom. The van der Waals surface area contributed by atoms with Gasteiger partial charge in [-0.2, -0.15) is 0 Å². The topological polar surface area (TPSA) is 46.6 Å². The molecular formula is C12H16FNO3. The molecule has 3 fully saturated rings. The molecule has 3 aliphatic rings. The van der Waals surface area contributed by atoms with E-state index in [1.165, 1.54) is 0 Å². The van der Waals surface area contributed by atoms with E-state index >= 15 is 0 Å². The quantitative estimate of drug-likeness (QED) is 0.679. The zero-order chi connectivity index (χ0) is 12.3. The molecule has 4 nitrogen and oxygen atoms in total.